The van der Waals surface area contributed by atoms with Crippen LogP contribution in [-0.2, 0) is 16.1 Å². The fraction of sp³-hybridized carbons (Fsp3) is 0.208. The van der Waals surface area contributed by atoms with Gasteiger partial charge in [-0.2, -0.15) is 0 Å². The van der Waals surface area contributed by atoms with Gasteiger partial charge in [-0.15, -0.1) is 0 Å². The second kappa shape index (κ2) is 8.66. The molecule has 0 radical (unpaired) electrons. The third-order valence-corrected chi connectivity index (χ3v) is 5.55. The van der Waals surface area contributed by atoms with E-state index in [1.807, 2.05) is 4.57 Å². The minimum atomic E-state index is -0.908. The zero-order chi connectivity index (χ0) is 22.8. The van der Waals surface area contributed by atoms with Gasteiger partial charge in [0.25, 0.3) is 11.7 Å². The highest BCUT2D eigenvalue weighted by atomic mass is 19.1. The summed E-state index contributed by atoms with van der Waals surface area (Å²) in [5, 5.41) is 20.9. The molecule has 1 atom stereocenters. The zero-order valence-corrected chi connectivity index (χ0v) is 17.4. The molecule has 2 heterocycles. The van der Waals surface area contributed by atoms with Crippen molar-refractivity contribution >= 4 is 17.4 Å². The van der Waals surface area contributed by atoms with Gasteiger partial charge in [0, 0.05) is 31.0 Å². The molecule has 0 spiro atoms. The number of aliphatic hydroxyl groups excluding tert-OH is 1. The molecule has 0 bridgehead atoms. The van der Waals surface area contributed by atoms with Crippen molar-refractivity contribution in [3.63, 3.8) is 0 Å². The molecule has 0 saturated carbocycles. The predicted molar refractivity (Wildman–Crippen MR) is 115 cm³/mol. The molecule has 1 unspecified atom stereocenters. The lowest BCUT2D eigenvalue weighted by molar-refractivity contribution is -0.139. The van der Waals surface area contributed by atoms with Crippen molar-refractivity contribution in [1.29, 1.82) is 0 Å². The molecule has 1 aliphatic rings. The number of hydrogen-bond donors (Lipinski definition) is 2. The van der Waals surface area contributed by atoms with Crippen LogP contribution >= 0.6 is 0 Å². The molecule has 1 amide bonds. The van der Waals surface area contributed by atoms with Crippen molar-refractivity contribution in [2.45, 2.75) is 25.9 Å². The van der Waals surface area contributed by atoms with Crippen molar-refractivity contribution in [2.24, 2.45) is 0 Å². The number of likely N-dealkylation sites (tertiary alicyclic amines) is 1. The van der Waals surface area contributed by atoms with E-state index in [4.69, 9.17) is 0 Å². The number of carbonyl (C=O) groups is 2. The SMILES string of the molecule is Cc1ccc(C(O)=C2C(=O)C(=O)N(CCCn3ccnc3)C2c2cccc(O)c2)cc1F. The predicted octanol–water partition coefficient (Wildman–Crippen LogP) is 3.55. The van der Waals surface area contributed by atoms with Crippen molar-refractivity contribution in [1.82, 2.24) is 14.5 Å². The summed E-state index contributed by atoms with van der Waals surface area (Å²) < 4.78 is 16.0. The molecule has 1 saturated heterocycles. The smallest absolute Gasteiger partial charge is 0.295 e. The Morgan fingerprint density at radius 1 is 1.16 bits per heavy atom. The van der Waals surface area contributed by atoms with Crippen LogP contribution in [0.5, 0.6) is 5.75 Å². The minimum Gasteiger partial charge on any atom is -0.508 e. The third kappa shape index (κ3) is 3.99. The van der Waals surface area contributed by atoms with Gasteiger partial charge in [-0.05, 0) is 42.7 Å². The van der Waals surface area contributed by atoms with Gasteiger partial charge in [0.1, 0.15) is 17.3 Å². The number of phenolic OH excluding ortho intramolecular Hbond substituents is 1. The number of ketones is 1. The highest BCUT2D eigenvalue weighted by Crippen LogP contribution is 2.40. The molecule has 3 aromatic rings. The number of benzene rings is 2. The Hall–Kier alpha value is -3.94. The summed E-state index contributed by atoms with van der Waals surface area (Å²) in [6.07, 6.45) is 5.65. The van der Waals surface area contributed by atoms with E-state index in [0.717, 1.165) is 6.07 Å². The number of aryl methyl sites for hydroxylation is 2. The molecule has 8 heteroatoms. The van der Waals surface area contributed by atoms with Crippen LogP contribution in [0.25, 0.3) is 5.76 Å². The first-order chi connectivity index (χ1) is 15.4. The Balaban J connectivity index is 1.75. The first-order valence-corrected chi connectivity index (χ1v) is 10.2. The number of aliphatic hydroxyl groups is 1. The number of imidazole rings is 1. The Morgan fingerprint density at radius 3 is 2.66 bits per heavy atom. The maximum absolute atomic E-state index is 14.1. The number of halogens is 1. The molecule has 2 N–H and O–H groups in total. The summed E-state index contributed by atoms with van der Waals surface area (Å²) >= 11 is 0. The maximum Gasteiger partial charge on any atom is 0.295 e. The quantitative estimate of drug-likeness (QED) is 0.351. The highest BCUT2D eigenvalue weighted by Gasteiger charge is 2.45. The minimum absolute atomic E-state index is 0.0344. The number of hydrogen-bond acceptors (Lipinski definition) is 5. The third-order valence-electron chi connectivity index (χ3n) is 5.55. The largest absolute Gasteiger partial charge is 0.508 e. The molecule has 2 aromatic carbocycles. The molecule has 32 heavy (non-hydrogen) atoms. The van der Waals surface area contributed by atoms with E-state index in [1.54, 1.807) is 37.8 Å². The van der Waals surface area contributed by atoms with Crippen LogP contribution in [0.3, 0.4) is 0 Å². The summed E-state index contributed by atoms with van der Waals surface area (Å²) in [6.45, 7) is 2.41. The van der Waals surface area contributed by atoms with Gasteiger partial charge in [-0.25, -0.2) is 9.37 Å². The second-order valence-electron chi connectivity index (χ2n) is 7.71. The molecule has 7 nitrogen and oxygen atoms in total. The monoisotopic (exact) mass is 435 g/mol. The first kappa shape index (κ1) is 21.3. The van der Waals surface area contributed by atoms with Gasteiger partial charge in [0.2, 0.25) is 0 Å². The average Bonchev–Trinajstić information content (AvgIpc) is 3.37. The normalized spacial score (nSPS) is 17.8. The number of phenols is 1. The van der Waals surface area contributed by atoms with Crippen molar-refractivity contribution in [3.05, 3.63) is 89.3 Å². The van der Waals surface area contributed by atoms with Crippen LogP contribution in [0.4, 0.5) is 4.39 Å². The average molecular weight is 435 g/mol. The number of aromatic hydroxyl groups is 1. The molecule has 4 rings (SSSR count). The molecular weight excluding hydrogens is 413 g/mol. The van der Waals surface area contributed by atoms with E-state index in [1.165, 1.54) is 29.2 Å². The fourth-order valence-corrected chi connectivity index (χ4v) is 3.89. The number of rotatable bonds is 6. The van der Waals surface area contributed by atoms with E-state index in [-0.39, 0.29) is 23.4 Å². The number of Topliss-reactive ketones (excluding diaryl/α,β-unsaturated/α-hetero) is 1. The summed E-state index contributed by atoms with van der Waals surface area (Å²) in [4.78, 5) is 31.2. The molecular formula is C24H22FN3O4. The number of amides is 1. The summed E-state index contributed by atoms with van der Waals surface area (Å²) in [5.74, 6) is -2.62. The van der Waals surface area contributed by atoms with Crippen molar-refractivity contribution in [2.75, 3.05) is 6.54 Å². The van der Waals surface area contributed by atoms with Gasteiger partial charge in [-0.3, -0.25) is 9.59 Å². The zero-order valence-electron chi connectivity index (χ0n) is 17.4. The van der Waals surface area contributed by atoms with Crippen molar-refractivity contribution in [3.8, 4) is 5.75 Å². The van der Waals surface area contributed by atoms with E-state index >= 15 is 0 Å². The van der Waals surface area contributed by atoms with Crippen LogP contribution in [-0.4, -0.2) is 42.9 Å². The summed E-state index contributed by atoms with van der Waals surface area (Å²) in [6, 6.07) is 9.41. The molecule has 0 aliphatic carbocycles. The highest BCUT2D eigenvalue weighted by molar-refractivity contribution is 6.46. The van der Waals surface area contributed by atoms with Crippen LogP contribution < -0.4 is 0 Å². The maximum atomic E-state index is 14.1. The van der Waals surface area contributed by atoms with Crippen molar-refractivity contribution < 1.29 is 24.2 Å². The van der Waals surface area contributed by atoms with Gasteiger partial charge >= 0.3 is 0 Å². The fourth-order valence-electron chi connectivity index (χ4n) is 3.89. The lowest BCUT2D eigenvalue weighted by Gasteiger charge is -2.25. The number of carbonyl (C=O) groups excluding carboxylic acids is 2. The number of aromatic nitrogens is 2. The Bertz CT molecular complexity index is 1200. The van der Waals surface area contributed by atoms with Gasteiger partial charge in [0.15, 0.2) is 0 Å². The van der Waals surface area contributed by atoms with Gasteiger partial charge in [0.05, 0.1) is 17.9 Å². The van der Waals surface area contributed by atoms with E-state index in [2.05, 4.69) is 4.98 Å². The van der Waals surface area contributed by atoms with E-state index in [0.29, 0.717) is 24.1 Å². The Morgan fingerprint density at radius 2 is 1.97 bits per heavy atom. The van der Waals surface area contributed by atoms with Crippen LogP contribution in [0.2, 0.25) is 0 Å². The van der Waals surface area contributed by atoms with E-state index < -0.39 is 29.3 Å². The Kier molecular flexibility index (Phi) is 5.77. The molecule has 1 aromatic heterocycles. The summed E-state index contributed by atoms with van der Waals surface area (Å²) in [7, 11) is 0. The lowest BCUT2D eigenvalue weighted by atomic mass is 9.94. The van der Waals surface area contributed by atoms with Crippen LogP contribution in [0.1, 0.15) is 29.2 Å². The van der Waals surface area contributed by atoms with E-state index in [9.17, 15) is 24.2 Å². The summed E-state index contributed by atoms with van der Waals surface area (Å²) in [5.41, 5.74) is 0.841. The second-order valence-corrected chi connectivity index (χ2v) is 7.71. The lowest BCUT2D eigenvalue weighted by Crippen LogP contribution is -2.31. The Labute approximate surface area is 184 Å². The van der Waals surface area contributed by atoms with Crippen LogP contribution in [0.15, 0.2) is 66.8 Å². The van der Waals surface area contributed by atoms with Gasteiger partial charge < -0.3 is 19.7 Å². The molecule has 1 fully saturated rings. The topological polar surface area (TPSA) is 95.7 Å². The molecule has 1 aliphatic heterocycles. The first-order valence-electron chi connectivity index (χ1n) is 10.2. The standard InChI is InChI=1S/C24H22FN3O4/c1-15-6-7-17(13-19(15)25)22(30)20-21(16-4-2-5-18(29)12-16)28(24(32)23(20)31)10-3-9-27-11-8-26-14-27/h2,4-8,11-14,21,29-30H,3,9-10H2,1H3. The molecule has 164 valence electrons. The van der Waals surface area contributed by atoms with Gasteiger partial charge in [-0.1, -0.05) is 24.3 Å². The number of nitrogens with zero attached hydrogens (tertiary/aromatic N) is 3. The van der Waals surface area contributed by atoms with Crippen LogP contribution in [0, 0.1) is 12.7 Å².